The Bertz CT molecular complexity index is 623. The zero-order chi connectivity index (χ0) is 18.2. The van der Waals surface area contributed by atoms with E-state index in [1.54, 1.807) is 20.8 Å². The van der Waals surface area contributed by atoms with E-state index in [1.807, 2.05) is 0 Å². The van der Waals surface area contributed by atoms with Crippen molar-refractivity contribution in [3.63, 3.8) is 0 Å². The number of nitrogens with one attached hydrogen (secondary N) is 2. The van der Waals surface area contributed by atoms with Crippen LogP contribution in [0.1, 0.15) is 36.5 Å². The lowest BCUT2D eigenvalue weighted by molar-refractivity contribution is -0.274. The molecule has 0 aromatic carbocycles. The van der Waals surface area contributed by atoms with Crippen molar-refractivity contribution in [2.24, 2.45) is 0 Å². The van der Waals surface area contributed by atoms with Crippen LogP contribution in [0.15, 0.2) is 0 Å². The van der Waals surface area contributed by atoms with E-state index in [1.165, 1.54) is 7.11 Å². The summed E-state index contributed by atoms with van der Waals surface area (Å²) in [6.07, 6.45) is -2.52. The van der Waals surface area contributed by atoms with Crippen LogP contribution in [0.25, 0.3) is 0 Å². The molecule has 2 heterocycles. The van der Waals surface area contributed by atoms with Gasteiger partial charge in [0, 0.05) is 19.2 Å². The number of aliphatic hydroxyl groups excluding tert-OH is 1. The minimum atomic E-state index is -1.62. The Kier molecular flexibility index (Phi) is 5.84. The van der Waals surface area contributed by atoms with E-state index >= 15 is 0 Å². The summed E-state index contributed by atoms with van der Waals surface area (Å²) in [6, 6.07) is -0.789. The third kappa shape index (κ3) is 3.42. The molecule has 1 fully saturated rings. The Labute approximate surface area is 150 Å². The first kappa shape index (κ1) is 19.5. The first-order valence-electron chi connectivity index (χ1n) is 7.55. The average molecular weight is 381 g/mol. The lowest BCUT2D eigenvalue weighted by atomic mass is 9.81. The molecule has 1 unspecified atom stereocenters. The molecule has 24 heavy (non-hydrogen) atoms. The van der Waals surface area contributed by atoms with E-state index in [0.717, 1.165) is 0 Å². The summed E-state index contributed by atoms with van der Waals surface area (Å²) in [4.78, 5) is 15.2. The van der Waals surface area contributed by atoms with E-state index < -0.39 is 36.0 Å². The van der Waals surface area contributed by atoms with Gasteiger partial charge in [-0.1, -0.05) is 23.2 Å². The van der Waals surface area contributed by atoms with Gasteiger partial charge in [-0.2, -0.15) is 0 Å². The van der Waals surface area contributed by atoms with Crippen molar-refractivity contribution < 1.29 is 24.5 Å². The highest BCUT2D eigenvalue weighted by Gasteiger charge is 2.50. The van der Waals surface area contributed by atoms with Crippen molar-refractivity contribution in [3.05, 3.63) is 21.4 Å². The molecule has 7 nitrogen and oxygen atoms in total. The van der Waals surface area contributed by atoms with Gasteiger partial charge in [-0.3, -0.25) is 4.79 Å². The smallest absolute Gasteiger partial charge is 0.269 e. The van der Waals surface area contributed by atoms with Gasteiger partial charge in [0.1, 0.15) is 17.4 Å². The number of aromatic amines is 1. The SMILES string of the molecule is CO[C@H]1C[C@@](O)(C(C)NC(=O)c2[nH]c(C)c(Cl)c2Cl)[C@H](O)[C@@H](C)O1. The molecule has 0 saturated carbocycles. The van der Waals surface area contributed by atoms with Crippen molar-refractivity contribution in [2.75, 3.05) is 7.11 Å². The summed E-state index contributed by atoms with van der Waals surface area (Å²) in [5, 5.41) is 24.3. The molecule has 1 aromatic rings. The molecule has 5 atom stereocenters. The van der Waals surface area contributed by atoms with Crippen LogP contribution in [-0.4, -0.2) is 58.4 Å². The van der Waals surface area contributed by atoms with Gasteiger partial charge in [0.2, 0.25) is 0 Å². The number of ether oxygens (including phenoxy) is 2. The van der Waals surface area contributed by atoms with Gasteiger partial charge < -0.3 is 30.0 Å². The zero-order valence-corrected chi connectivity index (χ0v) is 15.4. The minimum absolute atomic E-state index is 0.00863. The molecule has 1 aliphatic heterocycles. The van der Waals surface area contributed by atoms with E-state index in [2.05, 4.69) is 10.3 Å². The van der Waals surface area contributed by atoms with E-state index in [-0.39, 0.29) is 22.2 Å². The zero-order valence-electron chi connectivity index (χ0n) is 13.9. The monoisotopic (exact) mass is 380 g/mol. The number of aryl methyl sites for hydroxylation is 1. The summed E-state index contributed by atoms with van der Waals surface area (Å²) in [5.41, 5.74) is -0.948. The number of carbonyl (C=O) groups is 1. The molecule has 1 saturated heterocycles. The first-order valence-corrected chi connectivity index (χ1v) is 8.30. The Morgan fingerprint density at radius 3 is 2.62 bits per heavy atom. The predicted molar refractivity (Wildman–Crippen MR) is 89.4 cm³/mol. The van der Waals surface area contributed by atoms with Crippen LogP contribution in [0.5, 0.6) is 0 Å². The summed E-state index contributed by atoms with van der Waals surface area (Å²) >= 11 is 12.0. The van der Waals surface area contributed by atoms with Gasteiger partial charge in [0.15, 0.2) is 6.29 Å². The standard InChI is InChI=1S/C15H22Cl2N2O5/c1-6-10(16)11(17)12(18-6)14(21)19-8(3)15(22)5-9(23-4)24-7(2)13(15)20/h7-9,13,18,20,22H,5H2,1-4H3,(H,19,21)/t7-,8?,9-,13-,15-/m1/s1. The fourth-order valence-corrected chi connectivity index (χ4v) is 3.27. The second-order valence-corrected chi connectivity index (χ2v) is 6.85. The Balaban J connectivity index is 2.19. The maximum absolute atomic E-state index is 12.4. The van der Waals surface area contributed by atoms with Crippen molar-refractivity contribution >= 4 is 29.1 Å². The number of aliphatic hydroxyl groups is 2. The third-order valence-corrected chi connectivity index (χ3v) is 5.41. The van der Waals surface area contributed by atoms with Crippen LogP contribution in [-0.2, 0) is 9.47 Å². The fourth-order valence-electron chi connectivity index (χ4n) is 2.85. The summed E-state index contributed by atoms with van der Waals surface area (Å²) in [6.45, 7) is 4.91. The summed E-state index contributed by atoms with van der Waals surface area (Å²) < 4.78 is 10.6. The lowest BCUT2D eigenvalue weighted by Crippen LogP contribution is -2.65. The predicted octanol–water partition coefficient (Wildman–Crippen LogP) is 1.62. The van der Waals surface area contributed by atoms with E-state index in [9.17, 15) is 15.0 Å². The molecule has 4 N–H and O–H groups in total. The Morgan fingerprint density at radius 2 is 2.12 bits per heavy atom. The molecule has 1 amide bonds. The van der Waals surface area contributed by atoms with Gasteiger partial charge in [0.05, 0.1) is 22.2 Å². The average Bonchev–Trinajstić information content (AvgIpc) is 2.79. The highest BCUT2D eigenvalue weighted by molar-refractivity contribution is 6.44. The number of rotatable bonds is 4. The first-order chi connectivity index (χ1) is 11.1. The highest BCUT2D eigenvalue weighted by Crippen LogP contribution is 2.33. The molecule has 0 aliphatic carbocycles. The maximum atomic E-state index is 12.4. The molecule has 0 bridgehead atoms. The molecule has 136 valence electrons. The number of aromatic nitrogens is 1. The molecular weight excluding hydrogens is 359 g/mol. The second kappa shape index (κ2) is 7.19. The van der Waals surface area contributed by atoms with Crippen molar-refractivity contribution in [2.45, 2.75) is 57.3 Å². The number of amides is 1. The Morgan fingerprint density at radius 1 is 1.50 bits per heavy atom. The van der Waals surface area contributed by atoms with Crippen molar-refractivity contribution in [1.29, 1.82) is 0 Å². The largest absolute Gasteiger partial charge is 0.387 e. The number of carbonyl (C=O) groups excluding carboxylic acids is 1. The van der Waals surface area contributed by atoms with Crippen LogP contribution >= 0.6 is 23.2 Å². The molecule has 0 spiro atoms. The van der Waals surface area contributed by atoms with Gasteiger partial charge in [-0.15, -0.1) is 0 Å². The number of hydrogen-bond acceptors (Lipinski definition) is 5. The van der Waals surface area contributed by atoms with Crippen molar-refractivity contribution in [3.8, 4) is 0 Å². The van der Waals surface area contributed by atoms with E-state index in [4.69, 9.17) is 32.7 Å². The summed E-state index contributed by atoms with van der Waals surface area (Å²) in [7, 11) is 1.45. The molecule has 1 aliphatic rings. The van der Waals surface area contributed by atoms with Gasteiger partial charge in [-0.05, 0) is 20.8 Å². The number of H-pyrrole nitrogens is 1. The maximum Gasteiger partial charge on any atom is 0.269 e. The number of halogens is 2. The lowest BCUT2D eigenvalue weighted by Gasteiger charge is -2.46. The number of methoxy groups -OCH3 is 1. The highest BCUT2D eigenvalue weighted by atomic mass is 35.5. The van der Waals surface area contributed by atoms with Gasteiger partial charge in [0.25, 0.3) is 5.91 Å². The quantitative estimate of drug-likeness (QED) is 0.635. The van der Waals surface area contributed by atoms with Crippen LogP contribution in [0.2, 0.25) is 10.0 Å². The summed E-state index contributed by atoms with van der Waals surface area (Å²) in [5.74, 6) is -0.531. The molecule has 2 rings (SSSR count). The van der Waals surface area contributed by atoms with Crippen molar-refractivity contribution in [1.82, 2.24) is 10.3 Å². The third-order valence-electron chi connectivity index (χ3n) is 4.46. The van der Waals surface area contributed by atoms with Crippen LogP contribution in [0.3, 0.4) is 0 Å². The van der Waals surface area contributed by atoms with Crippen LogP contribution in [0.4, 0.5) is 0 Å². The van der Waals surface area contributed by atoms with Crippen LogP contribution < -0.4 is 5.32 Å². The normalized spacial score (nSPS) is 31.8. The molecule has 9 heteroatoms. The Hall–Kier alpha value is -0.830. The van der Waals surface area contributed by atoms with Gasteiger partial charge >= 0.3 is 0 Å². The fraction of sp³-hybridized carbons (Fsp3) is 0.667. The number of hydrogen-bond donors (Lipinski definition) is 4. The van der Waals surface area contributed by atoms with Crippen LogP contribution in [0, 0.1) is 6.92 Å². The second-order valence-electron chi connectivity index (χ2n) is 6.09. The molecule has 0 radical (unpaired) electrons. The van der Waals surface area contributed by atoms with E-state index in [0.29, 0.717) is 5.69 Å². The van der Waals surface area contributed by atoms with Gasteiger partial charge in [-0.25, -0.2) is 0 Å². The molecule has 1 aromatic heterocycles. The molecular formula is C15H22Cl2N2O5. The minimum Gasteiger partial charge on any atom is -0.387 e. The topological polar surface area (TPSA) is 104 Å².